The first-order valence-electron chi connectivity index (χ1n) is 13.7. The number of pyridine rings is 1. The number of rotatable bonds is 4. The van der Waals surface area contributed by atoms with Crippen molar-refractivity contribution >= 4 is 46.1 Å². The summed E-state index contributed by atoms with van der Waals surface area (Å²) < 4.78 is 22.8. The van der Waals surface area contributed by atoms with Crippen LogP contribution in [0.1, 0.15) is 42.4 Å². The average Bonchev–Trinajstić information content (AvgIpc) is 3.47. The topological polar surface area (TPSA) is 17.0 Å². The van der Waals surface area contributed by atoms with Crippen molar-refractivity contribution in [2.45, 2.75) is 65.6 Å². The molecule has 0 bridgehead atoms. The van der Waals surface area contributed by atoms with Gasteiger partial charge in [-0.3, -0.25) is 0 Å². The SMILES string of the molecule is Cc1cc2c(oc3cc(F)ccc32)c(-c2cc([Si](C)(C)C)c3cc(CC4CCCC4)ccc3[n+]2C)c1C. The molecule has 4 heteroatoms. The van der Waals surface area contributed by atoms with Crippen LogP contribution in [0, 0.1) is 25.6 Å². The predicted octanol–water partition coefficient (Wildman–Crippen LogP) is 8.26. The van der Waals surface area contributed by atoms with Gasteiger partial charge in [0.2, 0.25) is 11.2 Å². The lowest BCUT2D eigenvalue weighted by molar-refractivity contribution is -0.633. The zero-order valence-corrected chi connectivity index (χ0v) is 24.0. The van der Waals surface area contributed by atoms with Crippen LogP contribution in [0.2, 0.25) is 19.6 Å². The Bertz CT molecular complexity index is 1690. The fourth-order valence-corrected chi connectivity index (χ4v) is 8.07. The molecule has 190 valence electrons. The molecule has 0 saturated heterocycles. The molecule has 1 saturated carbocycles. The molecule has 0 spiro atoms. The van der Waals surface area contributed by atoms with Gasteiger partial charge in [-0.25, -0.2) is 4.39 Å². The predicted molar refractivity (Wildman–Crippen MR) is 156 cm³/mol. The number of nitrogens with zero attached hydrogens (tertiary/aromatic N) is 1. The van der Waals surface area contributed by atoms with E-state index < -0.39 is 8.07 Å². The Morgan fingerprint density at radius 1 is 0.919 bits per heavy atom. The molecule has 0 aliphatic heterocycles. The number of furan rings is 1. The molecular weight excluding hydrogens is 473 g/mol. The standard InChI is InChI=1S/C33H37FNOSi/c1-20-15-26-25-13-12-24(34)18-30(25)36-33(26)32(21(20)2)29-19-31(37(4,5)6)27-17-23(11-14-28(27)35(29)3)16-22-9-7-8-10-22/h11-15,17-19,22H,7-10,16H2,1-6H3/q+1. The van der Waals surface area contributed by atoms with E-state index in [1.165, 1.54) is 82.7 Å². The van der Waals surface area contributed by atoms with Crippen LogP contribution >= 0.6 is 0 Å². The van der Waals surface area contributed by atoms with E-state index in [1.54, 1.807) is 0 Å². The second-order valence-corrected chi connectivity index (χ2v) is 17.3. The van der Waals surface area contributed by atoms with Crippen molar-refractivity contribution < 1.29 is 13.4 Å². The second-order valence-electron chi connectivity index (χ2n) is 12.3. The van der Waals surface area contributed by atoms with Gasteiger partial charge in [0.1, 0.15) is 24.0 Å². The third-order valence-corrected chi connectivity index (χ3v) is 10.7. The third-order valence-electron chi connectivity index (χ3n) is 8.66. The number of benzene rings is 3. The fraction of sp³-hybridized carbons (Fsp3) is 0.364. The maximum atomic E-state index is 14.1. The lowest BCUT2D eigenvalue weighted by Gasteiger charge is -2.21. The van der Waals surface area contributed by atoms with Crippen molar-refractivity contribution in [1.82, 2.24) is 0 Å². The van der Waals surface area contributed by atoms with Gasteiger partial charge in [-0.05, 0) is 72.3 Å². The minimum Gasteiger partial charge on any atom is -0.455 e. The Labute approximate surface area is 220 Å². The molecule has 6 rings (SSSR count). The number of aromatic nitrogens is 1. The molecule has 1 aliphatic rings. The van der Waals surface area contributed by atoms with Crippen molar-refractivity contribution in [2.75, 3.05) is 0 Å². The zero-order valence-electron chi connectivity index (χ0n) is 23.0. The van der Waals surface area contributed by atoms with Gasteiger partial charge in [0.05, 0.1) is 13.6 Å². The lowest BCUT2D eigenvalue weighted by atomic mass is 9.94. The smallest absolute Gasteiger partial charge is 0.216 e. The molecule has 2 aromatic heterocycles. The zero-order chi connectivity index (χ0) is 26.1. The number of fused-ring (bicyclic) bond motifs is 4. The van der Waals surface area contributed by atoms with Gasteiger partial charge in [-0.15, -0.1) is 0 Å². The number of halogens is 1. The van der Waals surface area contributed by atoms with Crippen LogP contribution in [0.25, 0.3) is 44.1 Å². The number of aryl methyl sites for hydroxylation is 2. The molecule has 0 unspecified atom stereocenters. The van der Waals surface area contributed by atoms with Crippen molar-refractivity contribution in [3.8, 4) is 11.3 Å². The highest BCUT2D eigenvalue weighted by Gasteiger charge is 2.30. The van der Waals surface area contributed by atoms with Crippen molar-refractivity contribution in [2.24, 2.45) is 13.0 Å². The van der Waals surface area contributed by atoms with Crippen LogP contribution in [0.5, 0.6) is 0 Å². The van der Waals surface area contributed by atoms with Gasteiger partial charge in [0.15, 0.2) is 0 Å². The van der Waals surface area contributed by atoms with Crippen LogP contribution in [0.15, 0.2) is 52.9 Å². The van der Waals surface area contributed by atoms with E-state index in [0.29, 0.717) is 5.58 Å². The molecule has 5 aromatic rings. The van der Waals surface area contributed by atoms with Crippen LogP contribution in [-0.4, -0.2) is 8.07 Å². The van der Waals surface area contributed by atoms with Crippen LogP contribution in [0.3, 0.4) is 0 Å². The molecule has 3 aromatic carbocycles. The van der Waals surface area contributed by atoms with Crippen LogP contribution in [0.4, 0.5) is 4.39 Å². The van der Waals surface area contributed by atoms with Gasteiger partial charge < -0.3 is 4.42 Å². The Kier molecular flexibility index (Phi) is 5.79. The molecule has 1 fully saturated rings. The number of hydrogen-bond donors (Lipinski definition) is 0. The summed E-state index contributed by atoms with van der Waals surface area (Å²) in [5.74, 6) is 0.564. The van der Waals surface area contributed by atoms with Gasteiger partial charge >= 0.3 is 0 Å². The molecule has 2 heterocycles. The van der Waals surface area contributed by atoms with E-state index in [4.69, 9.17) is 4.42 Å². The van der Waals surface area contributed by atoms with Gasteiger partial charge in [0, 0.05) is 34.4 Å². The minimum atomic E-state index is -1.68. The Morgan fingerprint density at radius 2 is 1.68 bits per heavy atom. The van der Waals surface area contributed by atoms with Gasteiger partial charge in [-0.1, -0.05) is 51.4 Å². The summed E-state index contributed by atoms with van der Waals surface area (Å²) in [4.78, 5) is 0. The summed E-state index contributed by atoms with van der Waals surface area (Å²) in [6, 6.07) is 16.7. The Hall–Kier alpha value is -2.98. The van der Waals surface area contributed by atoms with E-state index in [9.17, 15) is 4.39 Å². The first-order chi connectivity index (χ1) is 17.6. The maximum Gasteiger partial charge on any atom is 0.216 e. The molecule has 0 amide bonds. The highest BCUT2D eigenvalue weighted by molar-refractivity contribution is 6.90. The van der Waals surface area contributed by atoms with Crippen LogP contribution < -0.4 is 9.75 Å². The molecule has 2 nitrogen and oxygen atoms in total. The van der Waals surface area contributed by atoms with E-state index in [2.05, 4.69) is 75.4 Å². The molecule has 0 atom stereocenters. The molecule has 0 radical (unpaired) electrons. The summed E-state index contributed by atoms with van der Waals surface area (Å²) >= 11 is 0. The molecule has 1 aliphatic carbocycles. The van der Waals surface area contributed by atoms with E-state index in [-0.39, 0.29) is 5.82 Å². The van der Waals surface area contributed by atoms with E-state index in [0.717, 1.165) is 27.8 Å². The highest BCUT2D eigenvalue weighted by atomic mass is 28.3. The van der Waals surface area contributed by atoms with Crippen molar-refractivity contribution in [1.29, 1.82) is 0 Å². The van der Waals surface area contributed by atoms with Crippen LogP contribution in [-0.2, 0) is 13.5 Å². The van der Waals surface area contributed by atoms with Gasteiger partial charge in [0.25, 0.3) is 0 Å². The fourth-order valence-electron chi connectivity index (χ4n) is 6.49. The average molecular weight is 511 g/mol. The first kappa shape index (κ1) is 24.4. The number of hydrogen-bond acceptors (Lipinski definition) is 1. The second kappa shape index (κ2) is 8.80. The maximum absolute atomic E-state index is 14.1. The van der Waals surface area contributed by atoms with Crippen molar-refractivity contribution in [3.05, 3.63) is 71.0 Å². The third kappa shape index (κ3) is 4.10. The Morgan fingerprint density at radius 3 is 2.41 bits per heavy atom. The highest BCUT2D eigenvalue weighted by Crippen LogP contribution is 2.39. The molecule has 37 heavy (non-hydrogen) atoms. The molecule has 0 N–H and O–H groups in total. The minimum absolute atomic E-state index is 0.271. The first-order valence-corrected chi connectivity index (χ1v) is 17.2. The summed E-state index contributed by atoms with van der Waals surface area (Å²) in [6.45, 7) is 11.7. The van der Waals surface area contributed by atoms with E-state index in [1.807, 2.05) is 6.07 Å². The van der Waals surface area contributed by atoms with Gasteiger partial charge in [-0.2, -0.15) is 4.57 Å². The monoisotopic (exact) mass is 510 g/mol. The Balaban J connectivity index is 1.64. The molecular formula is C33H37FNOSi+. The summed E-state index contributed by atoms with van der Waals surface area (Å²) in [5, 5.41) is 4.90. The van der Waals surface area contributed by atoms with E-state index >= 15 is 0 Å². The lowest BCUT2D eigenvalue weighted by Crippen LogP contribution is -2.43. The van der Waals surface area contributed by atoms with Crippen molar-refractivity contribution in [3.63, 3.8) is 0 Å². The normalized spacial score (nSPS) is 15.0. The largest absolute Gasteiger partial charge is 0.455 e. The quantitative estimate of drug-likeness (QED) is 0.176. The summed E-state index contributed by atoms with van der Waals surface area (Å²) in [5.41, 5.74) is 8.90. The summed E-state index contributed by atoms with van der Waals surface area (Å²) in [7, 11) is 0.495. The summed E-state index contributed by atoms with van der Waals surface area (Å²) in [6.07, 6.45) is 6.70.